The summed E-state index contributed by atoms with van der Waals surface area (Å²) in [7, 11) is 3.88. The van der Waals surface area contributed by atoms with E-state index < -0.39 is 0 Å². The van der Waals surface area contributed by atoms with Crippen molar-refractivity contribution in [2.45, 2.75) is 19.6 Å². The van der Waals surface area contributed by atoms with Crippen molar-refractivity contribution in [3.63, 3.8) is 0 Å². The van der Waals surface area contributed by atoms with Gasteiger partial charge >= 0.3 is 6.09 Å². The van der Waals surface area contributed by atoms with E-state index in [2.05, 4.69) is 5.43 Å². The molecule has 0 bridgehead atoms. The predicted molar refractivity (Wildman–Crippen MR) is 111 cm³/mol. The molecule has 5 nitrogen and oxygen atoms in total. The van der Waals surface area contributed by atoms with Crippen molar-refractivity contribution in [3.8, 4) is 5.75 Å². The monoisotopic (exact) mass is 401 g/mol. The van der Waals surface area contributed by atoms with Crippen LogP contribution in [0.25, 0.3) is 0 Å². The lowest BCUT2D eigenvalue weighted by atomic mass is 10.2. The van der Waals surface area contributed by atoms with Crippen molar-refractivity contribution in [2.24, 2.45) is 0 Å². The molecule has 1 aromatic carbocycles. The van der Waals surface area contributed by atoms with Crippen LogP contribution in [0.4, 0.5) is 4.79 Å². The molecule has 0 saturated carbocycles. The Morgan fingerprint density at radius 1 is 1.00 bits per heavy atom. The summed E-state index contributed by atoms with van der Waals surface area (Å²) in [5.41, 5.74) is 4.26. The van der Waals surface area contributed by atoms with Crippen LogP contribution < -0.4 is 10.2 Å². The number of hydrazine groups is 1. The molecule has 0 fully saturated rings. The van der Waals surface area contributed by atoms with Crippen molar-refractivity contribution in [2.75, 3.05) is 14.1 Å². The van der Waals surface area contributed by atoms with Gasteiger partial charge in [-0.2, -0.15) is 0 Å². The number of nitrogens with one attached hydrogen (secondary N) is 1. The molecule has 27 heavy (non-hydrogen) atoms. The Morgan fingerprint density at radius 3 is 2.22 bits per heavy atom. The average molecular weight is 402 g/mol. The summed E-state index contributed by atoms with van der Waals surface area (Å²) in [5, 5.41) is 5.93. The molecule has 2 heterocycles. The quantitative estimate of drug-likeness (QED) is 0.561. The standard InChI is InChI=1S/C20H23N3O2S2/c1-22(2)21-13-16-6-3-7-17(12-16)25-20(24)23(14-18-8-4-10-26-18)15-19-9-5-11-27-19/h3-12,21H,13-15H2,1-2H3. The summed E-state index contributed by atoms with van der Waals surface area (Å²) < 4.78 is 5.68. The van der Waals surface area contributed by atoms with Crippen molar-refractivity contribution < 1.29 is 9.53 Å². The summed E-state index contributed by atoms with van der Waals surface area (Å²) in [6.07, 6.45) is -0.338. The van der Waals surface area contributed by atoms with E-state index in [0.29, 0.717) is 25.4 Å². The molecule has 2 aromatic heterocycles. The molecule has 1 amide bonds. The zero-order valence-corrected chi connectivity index (χ0v) is 17.1. The molecule has 0 saturated heterocycles. The maximum absolute atomic E-state index is 12.8. The highest BCUT2D eigenvalue weighted by atomic mass is 32.1. The van der Waals surface area contributed by atoms with Crippen LogP contribution in [0.1, 0.15) is 15.3 Å². The first-order valence-electron chi connectivity index (χ1n) is 8.61. The van der Waals surface area contributed by atoms with E-state index in [1.165, 1.54) is 0 Å². The number of rotatable bonds is 8. The van der Waals surface area contributed by atoms with Crippen molar-refractivity contribution in [1.82, 2.24) is 15.3 Å². The first-order valence-corrected chi connectivity index (χ1v) is 10.4. The van der Waals surface area contributed by atoms with Crippen LogP contribution in [0.3, 0.4) is 0 Å². The molecule has 0 unspecified atom stereocenters. The van der Waals surface area contributed by atoms with Gasteiger partial charge in [-0.1, -0.05) is 24.3 Å². The molecule has 3 aromatic rings. The minimum atomic E-state index is -0.338. The molecular weight excluding hydrogens is 378 g/mol. The molecule has 0 aliphatic rings. The number of carbonyl (C=O) groups is 1. The second-order valence-corrected chi connectivity index (χ2v) is 8.32. The van der Waals surface area contributed by atoms with Gasteiger partial charge in [-0.05, 0) is 40.6 Å². The number of carbonyl (C=O) groups excluding carboxylic acids is 1. The first kappa shape index (κ1) is 19.6. The lowest BCUT2D eigenvalue weighted by Gasteiger charge is -2.21. The van der Waals surface area contributed by atoms with Gasteiger partial charge in [0.25, 0.3) is 0 Å². The van der Waals surface area contributed by atoms with E-state index in [1.807, 2.05) is 78.4 Å². The third kappa shape index (κ3) is 6.18. The molecule has 0 spiro atoms. The molecule has 0 atom stereocenters. The van der Waals surface area contributed by atoms with E-state index in [9.17, 15) is 4.79 Å². The van der Waals surface area contributed by atoms with Crippen LogP contribution in [-0.4, -0.2) is 30.1 Å². The van der Waals surface area contributed by atoms with Crippen molar-refractivity contribution >= 4 is 28.8 Å². The Morgan fingerprint density at radius 2 is 1.67 bits per heavy atom. The van der Waals surface area contributed by atoms with E-state index in [1.54, 1.807) is 27.6 Å². The van der Waals surface area contributed by atoms with Gasteiger partial charge in [0.15, 0.2) is 0 Å². The maximum Gasteiger partial charge on any atom is 0.415 e. The fraction of sp³-hybridized carbons (Fsp3) is 0.250. The highest BCUT2D eigenvalue weighted by Crippen LogP contribution is 2.20. The Balaban J connectivity index is 1.69. The molecule has 0 aliphatic carbocycles. The summed E-state index contributed by atoms with van der Waals surface area (Å²) in [4.78, 5) is 16.8. The predicted octanol–water partition coefficient (Wildman–Crippen LogP) is 4.58. The molecule has 0 aliphatic heterocycles. The highest BCUT2D eigenvalue weighted by Gasteiger charge is 2.18. The minimum Gasteiger partial charge on any atom is -0.410 e. The molecule has 142 valence electrons. The SMILES string of the molecule is CN(C)NCc1cccc(OC(=O)N(Cc2cccs2)Cc2cccs2)c1. The molecule has 3 rings (SSSR count). The average Bonchev–Trinajstić information content (AvgIpc) is 3.34. The number of hydrogen-bond donors (Lipinski definition) is 1. The number of ether oxygens (including phenoxy) is 1. The summed E-state index contributed by atoms with van der Waals surface area (Å²) >= 11 is 3.28. The number of benzene rings is 1. The zero-order valence-electron chi connectivity index (χ0n) is 15.4. The zero-order chi connectivity index (χ0) is 19.1. The van der Waals surface area contributed by atoms with E-state index in [4.69, 9.17) is 4.74 Å². The van der Waals surface area contributed by atoms with E-state index >= 15 is 0 Å². The summed E-state index contributed by atoms with van der Waals surface area (Å²) in [6.45, 7) is 1.75. The number of nitrogens with zero attached hydrogens (tertiary/aromatic N) is 2. The van der Waals surface area contributed by atoms with Crippen LogP contribution in [0.2, 0.25) is 0 Å². The maximum atomic E-state index is 12.8. The normalized spacial score (nSPS) is 10.9. The van der Waals surface area contributed by atoms with Gasteiger partial charge in [-0.3, -0.25) is 15.3 Å². The van der Waals surface area contributed by atoms with Gasteiger partial charge in [-0.15, -0.1) is 22.7 Å². The third-order valence-corrected chi connectivity index (χ3v) is 5.54. The Hall–Kier alpha value is -2.19. The minimum absolute atomic E-state index is 0.338. The number of amides is 1. The van der Waals surface area contributed by atoms with Crippen molar-refractivity contribution in [3.05, 3.63) is 74.6 Å². The largest absolute Gasteiger partial charge is 0.415 e. The first-order chi connectivity index (χ1) is 13.1. The van der Waals surface area contributed by atoms with Crippen molar-refractivity contribution in [1.29, 1.82) is 0 Å². The van der Waals surface area contributed by atoms with Gasteiger partial charge in [-0.25, -0.2) is 4.79 Å². The van der Waals surface area contributed by atoms with Crippen LogP contribution in [0, 0.1) is 0 Å². The van der Waals surface area contributed by atoms with Crippen LogP contribution >= 0.6 is 22.7 Å². The summed E-state index contributed by atoms with van der Waals surface area (Å²) in [6, 6.07) is 15.7. The molecule has 0 radical (unpaired) electrons. The molecule has 1 N–H and O–H groups in total. The fourth-order valence-electron chi connectivity index (χ4n) is 2.50. The van der Waals surface area contributed by atoms with E-state index in [0.717, 1.165) is 15.3 Å². The van der Waals surface area contributed by atoms with Gasteiger partial charge in [0.05, 0.1) is 13.1 Å². The topological polar surface area (TPSA) is 44.8 Å². The van der Waals surface area contributed by atoms with Crippen LogP contribution in [0.15, 0.2) is 59.3 Å². The lowest BCUT2D eigenvalue weighted by molar-refractivity contribution is 0.147. The molecule has 7 heteroatoms. The lowest BCUT2D eigenvalue weighted by Crippen LogP contribution is -2.32. The Kier molecular flexibility index (Phi) is 7.00. The third-order valence-electron chi connectivity index (χ3n) is 3.81. The summed E-state index contributed by atoms with van der Waals surface area (Å²) in [5.74, 6) is 0.556. The van der Waals surface area contributed by atoms with E-state index in [-0.39, 0.29) is 6.09 Å². The second kappa shape index (κ2) is 9.66. The number of hydrogen-bond acceptors (Lipinski definition) is 6. The van der Waals surface area contributed by atoms with Gasteiger partial charge in [0, 0.05) is 30.4 Å². The Labute approximate surface area is 167 Å². The van der Waals surface area contributed by atoms with Crippen LogP contribution in [0.5, 0.6) is 5.75 Å². The van der Waals surface area contributed by atoms with Crippen LogP contribution in [-0.2, 0) is 19.6 Å². The van der Waals surface area contributed by atoms with Gasteiger partial charge in [0.1, 0.15) is 5.75 Å². The number of thiophene rings is 2. The second-order valence-electron chi connectivity index (χ2n) is 6.26. The van der Waals surface area contributed by atoms with Gasteiger partial charge < -0.3 is 4.74 Å². The smallest absolute Gasteiger partial charge is 0.410 e. The highest BCUT2D eigenvalue weighted by molar-refractivity contribution is 7.10. The molecular formula is C20H23N3O2S2. The fourth-order valence-corrected chi connectivity index (χ4v) is 3.94. The van der Waals surface area contributed by atoms with Gasteiger partial charge in [0.2, 0.25) is 0 Å². The Bertz CT molecular complexity index is 797.